The molecule has 2 N–H and O–H groups in total. The van der Waals surface area contributed by atoms with Crippen LogP contribution in [0.4, 0.5) is 10.2 Å². The van der Waals surface area contributed by atoms with Crippen LogP contribution in [0.2, 0.25) is 5.02 Å². The minimum Gasteiger partial charge on any atom is -0.508 e. The van der Waals surface area contributed by atoms with Crippen LogP contribution in [0.5, 0.6) is 11.8 Å². The molecule has 2 aromatic carbocycles. The molecule has 2 atom stereocenters. The van der Waals surface area contributed by atoms with Crippen LogP contribution in [-0.2, 0) is 6.42 Å². The number of phenolic OH excluding ortho intramolecular Hbond substituents is 1. The Morgan fingerprint density at radius 3 is 2.50 bits per heavy atom. The number of nitrogens with one attached hydrogen (secondary N) is 1. The van der Waals surface area contributed by atoms with Gasteiger partial charge in [0, 0.05) is 48.1 Å². The predicted molar refractivity (Wildman–Crippen MR) is 163 cm³/mol. The summed E-state index contributed by atoms with van der Waals surface area (Å²) in [5, 5.41) is 15.1. The van der Waals surface area contributed by atoms with Crippen LogP contribution in [-0.4, -0.2) is 72.4 Å². The van der Waals surface area contributed by atoms with E-state index < -0.39 is 5.82 Å². The van der Waals surface area contributed by atoms with Crippen molar-refractivity contribution >= 4 is 28.3 Å². The Morgan fingerprint density at radius 2 is 1.86 bits per heavy atom. The second kappa shape index (κ2) is 9.93. The van der Waals surface area contributed by atoms with Crippen LogP contribution in [0.15, 0.2) is 24.3 Å². The van der Waals surface area contributed by atoms with Crippen molar-refractivity contribution in [3.05, 3.63) is 40.7 Å². The van der Waals surface area contributed by atoms with Gasteiger partial charge in [-0.05, 0) is 106 Å². The van der Waals surface area contributed by atoms with Crippen LogP contribution >= 0.6 is 11.6 Å². The molecule has 4 aliphatic carbocycles. The van der Waals surface area contributed by atoms with E-state index >= 15 is 4.39 Å². The monoisotopic (exact) mass is 591 g/mol. The lowest BCUT2D eigenvalue weighted by Crippen LogP contribution is -2.51. The van der Waals surface area contributed by atoms with Crippen LogP contribution in [0.3, 0.4) is 0 Å². The highest BCUT2D eigenvalue weighted by Gasteiger charge is 2.52. The topological polar surface area (TPSA) is 73.8 Å². The summed E-state index contributed by atoms with van der Waals surface area (Å²) in [7, 11) is 4.15. The van der Waals surface area contributed by atoms with E-state index in [4.69, 9.17) is 26.3 Å². The quantitative estimate of drug-likeness (QED) is 0.333. The minimum absolute atomic E-state index is 0.0958. The molecule has 222 valence electrons. The average Bonchev–Trinajstić information content (AvgIpc) is 3.58. The minimum atomic E-state index is -0.482. The first-order valence-electron chi connectivity index (χ1n) is 15.6. The maximum absolute atomic E-state index is 16.8. The summed E-state index contributed by atoms with van der Waals surface area (Å²) in [6.45, 7) is 3.04. The highest BCUT2D eigenvalue weighted by atomic mass is 35.5. The van der Waals surface area contributed by atoms with E-state index in [9.17, 15) is 5.11 Å². The van der Waals surface area contributed by atoms with Crippen LogP contribution in [0, 0.1) is 29.0 Å². The molecule has 4 bridgehead atoms. The highest BCUT2D eigenvalue weighted by Crippen LogP contribution is 2.60. The van der Waals surface area contributed by atoms with Crippen molar-refractivity contribution in [3.8, 4) is 22.9 Å². The van der Waals surface area contributed by atoms with Crippen LogP contribution < -0.4 is 15.0 Å². The number of nitrogens with zero attached hydrogens (tertiary/aromatic N) is 4. The number of piperazine rings is 1. The Balaban J connectivity index is 1.22. The van der Waals surface area contributed by atoms with E-state index in [1.807, 2.05) is 12.1 Å². The van der Waals surface area contributed by atoms with E-state index in [2.05, 4.69) is 29.2 Å². The first kappa shape index (κ1) is 26.9. The smallest absolute Gasteiger partial charge is 0.319 e. The standard InChI is InChI=1S/C33H39ClFN5O2/c1-39(2)16-33(7-8-33)17-42-32-37-30-26(31(38-32)40-14-21-4-5-22(15-40)36-21)13-27(34)28(29(30)35)25-12-23(41)6-3-18(25)11-24-19-9-20(24)10-19/h3,6,12-13,19-22,24,36,41H,4-5,7-11,14-17H2,1-2H3. The van der Waals surface area contributed by atoms with Gasteiger partial charge in [-0.25, -0.2) is 4.39 Å². The van der Waals surface area contributed by atoms with E-state index in [1.54, 1.807) is 12.1 Å². The molecule has 42 heavy (non-hydrogen) atoms. The third-order valence-corrected chi connectivity index (χ3v) is 11.0. The molecule has 2 saturated heterocycles. The molecule has 9 heteroatoms. The SMILES string of the molecule is CN(C)CC1(COc2nc(N3CC4CCC(C3)N4)c3cc(Cl)c(-c4cc(O)ccc4CC4C5CC4C5)c(F)c3n2)CC1. The number of rotatable bonds is 9. The summed E-state index contributed by atoms with van der Waals surface area (Å²) in [5.74, 6) is 2.50. The molecule has 9 rings (SSSR count). The summed E-state index contributed by atoms with van der Waals surface area (Å²) in [6, 6.07) is 8.09. The zero-order valence-corrected chi connectivity index (χ0v) is 25.1. The van der Waals surface area contributed by atoms with Gasteiger partial charge in [0.25, 0.3) is 0 Å². The summed E-state index contributed by atoms with van der Waals surface area (Å²) >= 11 is 6.94. The van der Waals surface area contributed by atoms with Crippen LogP contribution in [0.1, 0.15) is 44.1 Å². The normalized spacial score (nSPS) is 28.6. The van der Waals surface area contributed by atoms with Crippen molar-refractivity contribution in [2.24, 2.45) is 23.2 Å². The summed E-state index contributed by atoms with van der Waals surface area (Å²) in [4.78, 5) is 14.0. The largest absolute Gasteiger partial charge is 0.508 e. The van der Waals surface area contributed by atoms with Crippen molar-refractivity contribution in [2.75, 3.05) is 45.2 Å². The van der Waals surface area contributed by atoms with Crippen molar-refractivity contribution in [3.63, 3.8) is 0 Å². The summed E-state index contributed by atoms with van der Waals surface area (Å²) in [5.41, 5.74) is 2.29. The van der Waals surface area contributed by atoms with Gasteiger partial charge in [0.2, 0.25) is 0 Å². The number of fused-ring (bicyclic) bond motifs is 3. The van der Waals surface area contributed by atoms with Crippen LogP contribution in [0.25, 0.3) is 22.0 Å². The Morgan fingerprint density at radius 1 is 1.12 bits per heavy atom. The molecule has 1 aromatic heterocycles. The number of anilines is 1. The van der Waals surface area contributed by atoms with E-state index in [-0.39, 0.29) is 22.7 Å². The average molecular weight is 592 g/mol. The lowest BCUT2D eigenvalue weighted by Gasteiger charge is -2.58. The zero-order chi connectivity index (χ0) is 28.7. The van der Waals surface area contributed by atoms with E-state index in [0.717, 1.165) is 69.1 Å². The number of benzene rings is 2. The fraction of sp³-hybridized carbons (Fsp3) is 0.576. The Bertz CT molecular complexity index is 1540. The fourth-order valence-corrected chi connectivity index (χ4v) is 8.35. The highest BCUT2D eigenvalue weighted by molar-refractivity contribution is 6.34. The number of phenols is 1. The van der Waals surface area contributed by atoms with Gasteiger partial charge in [-0.1, -0.05) is 17.7 Å². The molecule has 3 heterocycles. The zero-order valence-electron chi connectivity index (χ0n) is 24.4. The van der Waals surface area contributed by atoms with Gasteiger partial charge in [0.1, 0.15) is 17.1 Å². The van der Waals surface area contributed by atoms with Gasteiger partial charge < -0.3 is 25.0 Å². The Kier molecular flexibility index (Phi) is 6.36. The molecule has 0 amide bonds. The van der Waals surface area contributed by atoms with Gasteiger partial charge >= 0.3 is 6.01 Å². The van der Waals surface area contributed by atoms with Gasteiger partial charge in [-0.2, -0.15) is 9.97 Å². The van der Waals surface area contributed by atoms with Crippen molar-refractivity contribution in [2.45, 2.75) is 57.0 Å². The molecule has 0 spiro atoms. The van der Waals surface area contributed by atoms with E-state index in [1.165, 1.54) is 12.8 Å². The van der Waals surface area contributed by atoms with Crippen molar-refractivity contribution in [1.29, 1.82) is 0 Å². The maximum Gasteiger partial charge on any atom is 0.319 e. The molecular weight excluding hydrogens is 553 g/mol. The van der Waals surface area contributed by atoms with Gasteiger partial charge in [0.05, 0.1) is 11.6 Å². The molecule has 3 aromatic rings. The third kappa shape index (κ3) is 4.61. The molecule has 0 radical (unpaired) electrons. The number of aromatic nitrogens is 2. The molecular formula is C33H39ClFN5O2. The molecule has 2 unspecified atom stereocenters. The van der Waals surface area contributed by atoms with Gasteiger partial charge in [0.15, 0.2) is 5.82 Å². The van der Waals surface area contributed by atoms with Gasteiger partial charge in [-0.3, -0.25) is 0 Å². The second-order valence-corrected chi connectivity index (χ2v) is 14.5. The van der Waals surface area contributed by atoms with E-state index in [0.29, 0.717) is 52.0 Å². The maximum atomic E-state index is 16.8. The third-order valence-electron chi connectivity index (χ3n) is 10.7. The van der Waals surface area contributed by atoms with Crippen molar-refractivity contribution in [1.82, 2.24) is 20.2 Å². The molecule has 2 aliphatic heterocycles. The predicted octanol–water partition coefficient (Wildman–Crippen LogP) is 5.65. The fourth-order valence-electron chi connectivity index (χ4n) is 8.06. The number of halogens is 2. The number of ether oxygens (including phenoxy) is 1. The molecule has 4 saturated carbocycles. The molecule has 7 nitrogen and oxygen atoms in total. The first-order chi connectivity index (χ1) is 20.2. The molecule has 6 fully saturated rings. The van der Waals surface area contributed by atoms with Gasteiger partial charge in [-0.15, -0.1) is 0 Å². The lowest BCUT2D eigenvalue weighted by atomic mass is 9.47. The number of aromatic hydroxyl groups is 1. The lowest BCUT2D eigenvalue weighted by molar-refractivity contribution is -0.0794. The Hall–Kier alpha value is -2.68. The first-order valence-corrected chi connectivity index (χ1v) is 15.9. The molecule has 6 aliphatic rings. The number of hydrogen-bond donors (Lipinski definition) is 2. The Labute approximate surface area is 251 Å². The van der Waals surface area contributed by atoms with Crippen molar-refractivity contribution < 1.29 is 14.2 Å². The number of hydrogen-bond acceptors (Lipinski definition) is 7. The summed E-state index contributed by atoms with van der Waals surface area (Å²) in [6.07, 6.45) is 7.96. The second-order valence-electron chi connectivity index (χ2n) is 14.0. The summed E-state index contributed by atoms with van der Waals surface area (Å²) < 4.78 is 23.1.